The van der Waals surface area contributed by atoms with Gasteiger partial charge >= 0.3 is 6.18 Å². The van der Waals surface area contributed by atoms with Gasteiger partial charge in [0.2, 0.25) is 0 Å². The number of fused-ring (bicyclic) bond motifs is 1. The van der Waals surface area contributed by atoms with Crippen molar-refractivity contribution in [3.8, 4) is 11.4 Å². The Morgan fingerprint density at radius 1 is 1.03 bits per heavy atom. The lowest BCUT2D eigenvalue weighted by molar-refractivity contribution is -0.137. The van der Waals surface area contributed by atoms with Crippen LogP contribution in [-0.4, -0.2) is 20.1 Å². The number of pyridine rings is 3. The van der Waals surface area contributed by atoms with Crippen molar-refractivity contribution >= 4 is 22.3 Å². The molecule has 0 fully saturated rings. The largest absolute Gasteiger partial charge is 0.416 e. The fourth-order valence-electron chi connectivity index (χ4n) is 3.14. The Balaban J connectivity index is 1.75. The minimum absolute atomic E-state index is 0.280. The topological polar surface area (TPSA) is 70.9 Å². The number of nitrogens with one attached hydrogen (secondary N) is 1. The van der Waals surface area contributed by atoms with Crippen molar-refractivity contribution in [3.63, 3.8) is 0 Å². The molecule has 30 heavy (non-hydrogen) atoms. The van der Waals surface area contributed by atoms with E-state index in [0.29, 0.717) is 33.7 Å². The van der Waals surface area contributed by atoms with Crippen molar-refractivity contribution in [1.29, 1.82) is 0 Å². The maximum atomic E-state index is 12.8. The molecule has 152 valence electrons. The molecule has 0 aliphatic carbocycles. The van der Waals surface area contributed by atoms with Crippen LogP contribution in [-0.2, 0) is 12.8 Å². The molecule has 0 spiro atoms. The van der Waals surface area contributed by atoms with Crippen LogP contribution in [0.1, 0.15) is 16.8 Å². The quantitative estimate of drug-likeness (QED) is 0.481. The molecule has 3 aromatic heterocycles. The summed E-state index contributed by atoms with van der Waals surface area (Å²) >= 11 is 0. The highest BCUT2D eigenvalue weighted by atomic mass is 19.4. The Hall–Kier alpha value is -3.52. The normalized spacial score (nSPS) is 11.6. The van der Waals surface area contributed by atoms with Crippen LogP contribution < -0.4 is 5.32 Å². The van der Waals surface area contributed by atoms with Gasteiger partial charge in [0.15, 0.2) is 0 Å². The molecule has 3 heterocycles. The zero-order chi connectivity index (χ0) is 21.3. The van der Waals surface area contributed by atoms with Crippen molar-refractivity contribution in [2.45, 2.75) is 19.7 Å². The van der Waals surface area contributed by atoms with E-state index in [0.717, 1.165) is 23.4 Å². The molecular formula is C22H17F3N4O. The summed E-state index contributed by atoms with van der Waals surface area (Å²) in [5, 5.41) is 13.4. The molecule has 0 aliphatic heterocycles. The predicted molar refractivity (Wildman–Crippen MR) is 108 cm³/mol. The Labute approximate surface area is 170 Å². The summed E-state index contributed by atoms with van der Waals surface area (Å²) in [6.07, 6.45) is -1.07. The molecule has 8 heteroatoms. The number of hydrogen-bond donors (Lipinski definition) is 2. The van der Waals surface area contributed by atoms with Gasteiger partial charge in [-0.25, -0.2) is 0 Å². The average Bonchev–Trinajstić information content (AvgIpc) is 2.73. The second-order valence-corrected chi connectivity index (χ2v) is 6.77. The van der Waals surface area contributed by atoms with Gasteiger partial charge in [-0.3, -0.25) is 15.0 Å². The van der Waals surface area contributed by atoms with Gasteiger partial charge in [-0.2, -0.15) is 13.2 Å². The average molecular weight is 410 g/mol. The van der Waals surface area contributed by atoms with Gasteiger partial charge in [0, 0.05) is 23.5 Å². The van der Waals surface area contributed by atoms with Gasteiger partial charge in [-0.15, -0.1) is 0 Å². The Morgan fingerprint density at radius 3 is 2.47 bits per heavy atom. The number of halogens is 3. The van der Waals surface area contributed by atoms with Crippen LogP contribution in [0, 0.1) is 6.92 Å². The molecule has 0 atom stereocenters. The number of aliphatic hydroxyl groups excluding tert-OH is 1. The third kappa shape index (κ3) is 3.95. The Morgan fingerprint density at radius 2 is 1.80 bits per heavy atom. The number of hydrogen-bond acceptors (Lipinski definition) is 5. The summed E-state index contributed by atoms with van der Waals surface area (Å²) in [6.45, 7) is 1.65. The van der Waals surface area contributed by atoms with E-state index in [1.165, 1.54) is 12.1 Å². The highest BCUT2D eigenvalue weighted by molar-refractivity contribution is 5.94. The van der Waals surface area contributed by atoms with Crippen LogP contribution in [0.15, 0.2) is 60.9 Å². The molecule has 0 amide bonds. The Kier molecular flexibility index (Phi) is 5.09. The minimum Gasteiger partial charge on any atom is -0.390 e. The van der Waals surface area contributed by atoms with Gasteiger partial charge < -0.3 is 10.4 Å². The number of anilines is 2. The fourth-order valence-corrected chi connectivity index (χ4v) is 3.14. The van der Waals surface area contributed by atoms with E-state index in [2.05, 4.69) is 20.3 Å². The van der Waals surface area contributed by atoms with Crippen LogP contribution in [0.2, 0.25) is 0 Å². The molecule has 0 radical (unpaired) electrons. The summed E-state index contributed by atoms with van der Waals surface area (Å²) in [7, 11) is 0. The summed E-state index contributed by atoms with van der Waals surface area (Å²) in [5.41, 5.74) is 3.69. The van der Waals surface area contributed by atoms with Crippen molar-refractivity contribution in [2.75, 3.05) is 5.32 Å². The number of aliphatic hydroxyl groups is 1. The molecule has 5 nitrogen and oxygen atoms in total. The van der Waals surface area contributed by atoms with Crippen molar-refractivity contribution in [3.05, 3.63) is 77.7 Å². The van der Waals surface area contributed by atoms with Gasteiger partial charge in [0.05, 0.1) is 40.5 Å². The number of aryl methyl sites for hydroxylation is 1. The first kappa shape index (κ1) is 19.8. The summed E-state index contributed by atoms with van der Waals surface area (Å²) in [4.78, 5) is 13.3. The first-order valence-corrected chi connectivity index (χ1v) is 9.12. The lowest BCUT2D eigenvalue weighted by atomic mass is 10.1. The highest BCUT2D eigenvalue weighted by Gasteiger charge is 2.29. The zero-order valence-corrected chi connectivity index (χ0v) is 15.9. The summed E-state index contributed by atoms with van der Waals surface area (Å²) < 4.78 is 38.4. The number of benzene rings is 1. The lowest BCUT2D eigenvalue weighted by Crippen LogP contribution is -2.04. The van der Waals surface area contributed by atoms with Gasteiger partial charge in [-0.05, 0) is 55.0 Å². The predicted octanol–water partition coefficient (Wildman–Crippen LogP) is 5.25. The Bertz CT molecular complexity index is 1210. The minimum atomic E-state index is -4.39. The van der Waals surface area contributed by atoms with Gasteiger partial charge in [0.25, 0.3) is 0 Å². The van der Waals surface area contributed by atoms with E-state index in [4.69, 9.17) is 0 Å². The molecule has 2 N–H and O–H groups in total. The number of alkyl halides is 3. The fraction of sp³-hybridized carbons (Fsp3) is 0.136. The van der Waals surface area contributed by atoms with E-state index in [1.807, 2.05) is 19.1 Å². The zero-order valence-electron chi connectivity index (χ0n) is 15.9. The number of aromatic nitrogens is 3. The van der Waals surface area contributed by atoms with E-state index in [-0.39, 0.29) is 6.61 Å². The van der Waals surface area contributed by atoms with Crippen LogP contribution in [0.4, 0.5) is 24.5 Å². The third-order valence-corrected chi connectivity index (χ3v) is 4.65. The third-order valence-electron chi connectivity index (χ3n) is 4.65. The lowest BCUT2D eigenvalue weighted by Gasteiger charge is -2.13. The maximum Gasteiger partial charge on any atom is 0.416 e. The second-order valence-electron chi connectivity index (χ2n) is 6.77. The first-order valence-electron chi connectivity index (χ1n) is 9.12. The molecule has 1 aromatic carbocycles. The monoisotopic (exact) mass is 410 g/mol. The molecule has 4 aromatic rings. The van der Waals surface area contributed by atoms with E-state index < -0.39 is 11.7 Å². The molecule has 0 unspecified atom stereocenters. The first-order chi connectivity index (χ1) is 14.3. The SMILES string of the molecule is Cc1cccnc1-c1cc2nc(CO)cc(Nc3ccc(C(F)(F)F)cc3)c2cn1. The number of nitrogens with zero attached hydrogens (tertiary/aromatic N) is 3. The molecule has 4 rings (SSSR count). The van der Waals surface area contributed by atoms with Crippen LogP contribution in [0.5, 0.6) is 0 Å². The smallest absolute Gasteiger partial charge is 0.390 e. The second kappa shape index (κ2) is 7.72. The van der Waals surface area contributed by atoms with E-state index in [9.17, 15) is 18.3 Å². The van der Waals surface area contributed by atoms with Crippen molar-refractivity contribution in [1.82, 2.24) is 15.0 Å². The van der Waals surface area contributed by atoms with Crippen LogP contribution in [0.25, 0.3) is 22.3 Å². The van der Waals surface area contributed by atoms with Crippen molar-refractivity contribution in [2.24, 2.45) is 0 Å². The molecule has 0 bridgehead atoms. The summed E-state index contributed by atoms with van der Waals surface area (Å²) in [6, 6.07) is 11.9. The van der Waals surface area contributed by atoms with E-state index in [1.54, 1.807) is 24.5 Å². The molecule has 0 saturated heterocycles. The highest BCUT2D eigenvalue weighted by Crippen LogP contribution is 2.32. The van der Waals surface area contributed by atoms with Gasteiger partial charge in [0.1, 0.15) is 0 Å². The molecule has 0 aliphatic rings. The summed E-state index contributed by atoms with van der Waals surface area (Å²) in [5.74, 6) is 0. The van der Waals surface area contributed by atoms with Crippen molar-refractivity contribution < 1.29 is 18.3 Å². The van der Waals surface area contributed by atoms with Crippen LogP contribution >= 0.6 is 0 Å². The van der Waals surface area contributed by atoms with Gasteiger partial charge in [-0.1, -0.05) is 6.07 Å². The molecule has 0 saturated carbocycles. The maximum absolute atomic E-state index is 12.8. The van der Waals surface area contributed by atoms with Crippen LogP contribution in [0.3, 0.4) is 0 Å². The standard InChI is InChI=1S/C22H17F3N4O/c1-13-3-2-8-26-21(13)20-10-19-17(11-27-20)18(9-16(12-30)29-19)28-15-6-4-14(5-7-15)22(23,24)25/h2-11,30H,12H2,1H3,(H,28,29). The number of rotatable bonds is 4. The van der Waals surface area contributed by atoms with E-state index >= 15 is 0 Å². The molecular weight excluding hydrogens is 393 g/mol.